The monoisotopic (exact) mass is 393 g/mol. The van der Waals surface area contributed by atoms with Gasteiger partial charge < -0.3 is 20.0 Å². The highest BCUT2D eigenvalue weighted by Gasteiger charge is 2.22. The summed E-state index contributed by atoms with van der Waals surface area (Å²) in [6.45, 7) is 8.22. The molecule has 1 amide bonds. The third-order valence-corrected chi connectivity index (χ3v) is 5.96. The summed E-state index contributed by atoms with van der Waals surface area (Å²) < 4.78 is 0. The minimum absolute atomic E-state index is 0.104. The van der Waals surface area contributed by atoms with Crippen molar-refractivity contribution in [2.45, 2.75) is 19.8 Å². The first-order chi connectivity index (χ1) is 14.1. The van der Waals surface area contributed by atoms with E-state index in [1.165, 1.54) is 12.1 Å². The lowest BCUT2D eigenvalue weighted by molar-refractivity contribution is 0.0683. The maximum absolute atomic E-state index is 12.9. The van der Waals surface area contributed by atoms with Gasteiger partial charge >= 0.3 is 0 Å². The molecular formula is C23H31N5O. The third-order valence-electron chi connectivity index (χ3n) is 5.96. The number of carbonyl (C=O) groups excluding carboxylic acids is 1. The zero-order chi connectivity index (χ0) is 20.2. The van der Waals surface area contributed by atoms with Gasteiger partial charge in [-0.15, -0.1) is 0 Å². The fraction of sp³-hybridized carbons (Fsp3) is 0.478. The number of piperazine rings is 1. The van der Waals surface area contributed by atoms with Gasteiger partial charge in [0.15, 0.2) is 0 Å². The molecule has 2 aliphatic rings. The summed E-state index contributed by atoms with van der Waals surface area (Å²) >= 11 is 0. The molecule has 154 valence electrons. The number of likely N-dealkylation sites (tertiary alicyclic amines) is 1. The number of likely N-dealkylation sites (N-methyl/N-ethyl adjacent to an activating group) is 1. The third kappa shape index (κ3) is 4.88. The Balaban J connectivity index is 1.40. The van der Waals surface area contributed by atoms with Crippen molar-refractivity contribution in [1.82, 2.24) is 14.8 Å². The lowest BCUT2D eigenvalue weighted by Crippen LogP contribution is -2.44. The quantitative estimate of drug-likeness (QED) is 0.862. The maximum atomic E-state index is 12.9. The van der Waals surface area contributed by atoms with Crippen molar-refractivity contribution in [3.8, 4) is 0 Å². The molecule has 2 aromatic rings. The number of piperidine rings is 1. The molecule has 2 aliphatic heterocycles. The Bertz CT molecular complexity index is 829. The van der Waals surface area contributed by atoms with E-state index < -0.39 is 0 Å². The number of anilines is 3. The van der Waals surface area contributed by atoms with Gasteiger partial charge in [-0.3, -0.25) is 4.79 Å². The molecule has 0 spiro atoms. The second kappa shape index (κ2) is 8.82. The van der Waals surface area contributed by atoms with Crippen molar-refractivity contribution in [3.05, 3.63) is 48.2 Å². The van der Waals surface area contributed by atoms with Gasteiger partial charge in [0, 0.05) is 62.4 Å². The molecule has 0 saturated carbocycles. The van der Waals surface area contributed by atoms with Crippen LogP contribution in [0.25, 0.3) is 0 Å². The zero-order valence-electron chi connectivity index (χ0n) is 17.5. The lowest BCUT2D eigenvalue weighted by atomic mass is 9.99. The van der Waals surface area contributed by atoms with Crippen LogP contribution in [0.15, 0.2) is 42.6 Å². The summed E-state index contributed by atoms with van der Waals surface area (Å²) in [5.74, 6) is 1.38. The average Bonchev–Trinajstić information content (AvgIpc) is 2.75. The van der Waals surface area contributed by atoms with Crippen molar-refractivity contribution in [3.63, 3.8) is 0 Å². The van der Waals surface area contributed by atoms with Crippen LogP contribution in [-0.2, 0) is 0 Å². The van der Waals surface area contributed by atoms with Crippen molar-refractivity contribution >= 4 is 23.1 Å². The van der Waals surface area contributed by atoms with Gasteiger partial charge in [0.05, 0.1) is 0 Å². The van der Waals surface area contributed by atoms with Crippen molar-refractivity contribution in [2.75, 3.05) is 56.5 Å². The van der Waals surface area contributed by atoms with Gasteiger partial charge in [-0.2, -0.15) is 0 Å². The largest absolute Gasteiger partial charge is 0.369 e. The fourth-order valence-electron chi connectivity index (χ4n) is 4.16. The van der Waals surface area contributed by atoms with Crippen LogP contribution in [-0.4, -0.2) is 67.0 Å². The molecule has 1 unspecified atom stereocenters. The number of nitrogens with zero attached hydrogens (tertiary/aromatic N) is 4. The summed E-state index contributed by atoms with van der Waals surface area (Å²) in [5, 5.41) is 3.34. The number of rotatable bonds is 4. The van der Waals surface area contributed by atoms with Crippen LogP contribution < -0.4 is 10.2 Å². The van der Waals surface area contributed by atoms with Crippen LogP contribution in [0.2, 0.25) is 0 Å². The normalized spacial score (nSPS) is 20.6. The Kier molecular flexibility index (Phi) is 6.00. The molecule has 1 N–H and O–H groups in total. The molecule has 1 aromatic heterocycles. The molecule has 4 rings (SSSR count). The fourth-order valence-corrected chi connectivity index (χ4v) is 4.16. The van der Waals surface area contributed by atoms with E-state index in [0.717, 1.165) is 51.4 Å². The van der Waals surface area contributed by atoms with Gasteiger partial charge in [-0.25, -0.2) is 4.98 Å². The zero-order valence-corrected chi connectivity index (χ0v) is 17.5. The molecule has 2 fully saturated rings. The summed E-state index contributed by atoms with van der Waals surface area (Å²) in [7, 11) is 2.17. The average molecular weight is 394 g/mol. The predicted octanol–water partition coefficient (Wildman–Crippen LogP) is 3.45. The Morgan fingerprint density at radius 1 is 1.07 bits per heavy atom. The molecule has 3 heterocycles. The van der Waals surface area contributed by atoms with Crippen LogP contribution in [0, 0.1) is 5.92 Å². The molecule has 6 nitrogen and oxygen atoms in total. The second-order valence-corrected chi connectivity index (χ2v) is 8.39. The molecule has 1 atom stereocenters. The molecule has 0 aliphatic carbocycles. The van der Waals surface area contributed by atoms with E-state index >= 15 is 0 Å². The van der Waals surface area contributed by atoms with Gasteiger partial charge in [0.1, 0.15) is 5.82 Å². The number of nitrogens with one attached hydrogen (secondary N) is 1. The molecule has 1 aromatic carbocycles. The maximum Gasteiger partial charge on any atom is 0.254 e. The van der Waals surface area contributed by atoms with E-state index in [9.17, 15) is 4.79 Å². The second-order valence-electron chi connectivity index (χ2n) is 8.39. The first-order valence-electron chi connectivity index (χ1n) is 10.6. The lowest BCUT2D eigenvalue weighted by Gasteiger charge is -2.34. The number of aromatic nitrogens is 1. The van der Waals surface area contributed by atoms with E-state index in [2.05, 4.69) is 58.3 Å². The SMILES string of the molecule is CC1CCCN(C(=O)c2ccnc(Nc3ccc(N4CCN(C)CC4)cc3)c2)C1. The molecular weight excluding hydrogens is 362 g/mol. The first kappa shape index (κ1) is 19.7. The number of pyridine rings is 1. The van der Waals surface area contributed by atoms with E-state index in [1.54, 1.807) is 6.20 Å². The van der Waals surface area contributed by atoms with Gasteiger partial charge in [-0.05, 0) is 62.2 Å². The number of benzene rings is 1. The highest BCUT2D eigenvalue weighted by Crippen LogP contribution is 2.23. The minimum Gasteiger partial charge on any atom is -0.369 e. The van der Waals surface area contributed by atoms with Gasteiger partial charge in [0.2, 0.25) is 0 Å². The van der Waals surface area contributed by atoms with Crippen LogP contribution >= 0.6 is 0 Å². The Morgan fingerprint density at radius 3 is 2.55 bits per heavy atom. The van der Waals surface area contributed by atoms with Crippen LogP contribution in [0.3, 0.4) is 0 Å². The molecule has 6 heteroatoms. The molecule has 0 radical (unpaired) electrons. The topological polar surface area (TPSA) is 51.7 Å². The van der Waals surface area contributed by atoms with Gasteiger partial charge in [0.25, 0.3) is 5.91 Å². The Morgan fingerprint density at radius 2 is 1.83 bits per heavy atom. The Hall–Kier alpha value is -2.60. The number of carbonyl (C=O) groups is 1. The standard InChI is InChI=1S/C23H31N5O/c1-18-4-3-11-28(17-18)23(29)19-9-10-24-22(16-19)25-20-5-7-21(8-6-20)27-14-12-26(2)13-15-27/h5-10,16,18H,3-4,11-15,17H2,1-2H3,(H,24,25). The smallest absolute Gasteiger partial charge is 0.254 e. The van der Waals surface area contributed by atoms with E-state index in [4.69, 9.17) is 0 Å². The van der Waals surface area contributed by atoms with Gasteiger partial charge in [-0.1, -0.05) is 6.92 Å². The molecule has 2 saturated heterocycles. The van der Waals surface area contributed by atoms with Crippen molar-refractivity contribution in [1.29, 1.82) is 0 Å². The van der Waals surface area contributed by atoms with Crippen LogP contribution in [0.4, 0.5) is 17.2 Å². The number of amides is 1. The molecule has 29 heavy (non-hydrogen) atoms. The highest BCUT2D eigenvalue weighted by molar-refractivity contribution is 5.95. The summed E-state index contributed by atoms with van der Waals surface area (Å²) in [5.41, 5.74) is 2.93. The van der Waals surface area contributed by atoms with E-state index in [0.29, 0.717) is 17.3 Å². The number of hydrogen-bond donors (Lipinski definition) is 1. The predicted molar refractivity (Wildman–Crippen MR) is 118 cm³/mol. The highest BCUT2D eigenvalue weighted by atomic mass is 16.2. The van der Waals surface area contributed by atoms with Crippen LogP contribution in [0.5, 0.6) is 0 Å². The minimum atomic E-state index is 0.104. The summed E-state index contributed by atoms with van der Waals surface area (Å²) in [4.78, 5) is 24.0. The van der Waals surface area contributed by atoms with E-state index in [1.807, 2.05) is 17.0 Å². The number of hydrogen-bond acceptors (Lipinski definition) is 5. The first-order valence-corrected chi connectivity index (χ1v) is 10.6. The summed E-state index contributed by atoms with van der Waals surface area (Å²) in [6, 6.07) is 12.1. The van der Waals surface area contributed by atoms with E-state index in [-0.39, 0.29) is 5.91 Å². The summed E-state index contributed by atoms with van der Waals surface area (Å²) in [6.07, 6.45) is 4.00. The van der Waals surface area contributed by atoms with Crippen molar-refractivity contribution in [2.24, 2.45) is 5.92 Å². The van der Waals surface area contributed by atoms with Crippen LogP contribution in [0.1, 0.15) is 30.1 Å². The van der Waals surface area contributed by atoms with Crippen molar-refractivity contribution < 1.29 is 4.79 Å². The Labute approximate surface area is 173 Å². The molecule has 0 bridgehead atoms.